The van der Waals surface area contributed by atoms with Gasteiger partial charge in [-0.1, -0.05) is 42.5 Å². The normalized spacial score (nSPS) is 11.0. The maximum atomic E-state index is 13.6. The fraction of sp³-hybridized carbons (Fsp3) is 0.0526. The van der Waals surface area contributed by atoms with E-state index >= 15 is 0 Å². The molecule has 0 unspecified atom stereocenters. The highest BCUT2D eigenvalue weighted by atomic mass is 19.4. The van der Waals surface area contributed by atoms with Gasteiger partial charge in [-0.3, -0.25) is 15.4 Å². The molecule has 0 saturated heterocycles. The highest BCUT2D eigenvalue weighted by Gasteiger charge is 2.34. The first-order valence-electron chi connectivity index (χ1n) is 8.12. The Labute approximate surface area is 161 Å². The summed E-state index contributed by atoms with van der Waals surface area (Å²) in [6, 6.07) is 12.4. The quantitative estimate of drug-likeness (QED) is 0.639. The van der Waals surface area contributed by atoms with Crippen LogP contribution in [0.25, 0.3) is 11.3 Å². The Balaban J connectivity index is 1.85. The number of alkyl halides is 3. The smallest absolute Gasteiger partial charge is 0.276 e. The van der Waals surface area contributed by atoms with E-state index in [1.807, 2.05) is 10.6 Å². The molecule has 2 N–H and O–H groups in total. The minimum atomic E-state index is -4.79. The molecule has 3 amide bonds. The first-order valence-corrected chi connectivity index (χ1v) is 8.12. The number of benzene rings is 2. The van der Waals surface area contributed by atoms with Crippen molar-refractivity contribution in [3.05, 3.63) is 77.7 Å². The van der Waals surface area contributed by atoms with Crippen LogP contribution in [0.4, 0.5) is 28.3 Å². The van der Waals surface area contributed by atoms with Gasteiger partial charge in [-0.15, -0.1) is 0 Å². The van der Waals surface area contributed by atoms with E-state index in [0.29, 0.717) is 5.56 Å². The topological polar surface area (TPSA) is 84.0 Å². The van der Waals surface area contributed by atoms with Crippen molar-refractivity contribution in [1.29, 1.82) is 0 Å². The van der Waals surface area contributed by atoms with Crippen LogP contribution in [0.15, 0.2) is 60.7 Å². The van der Waals surface area contributed by atoms with Gasteiger partial charge in [-0.25, -0.2) is 19.2 Å². The molecule has 1 aromatic heterocycles. The van der Waals surface area contributed by atoms with Gasteiger partial charge in [0.15, 0.2) is 5.69 Å². The number of amides is 3. The third-order valence-corrected chi connectivity index (χ3v) is 3.66. The first-order chi connectivity index (χ1) is 13.7. The van der Waals surface area contributed by atoms with E-state index < -0.39 is 41.1 Å². The van der Waals surface area contributed by atoms with Crippen molar-refractivity contribution in [2.24, 2.45) is 0 Å². The number of hydrogen-bond donors (Lipinski definition) is 2. The molecule has 3 aromatic rings. The summed E-state index contributed by atoms with van der Waals surface area (Å²) in [5.74, 6) is -2.60. The van der Waals surface area contributed by atoms with Gasteiger partial charge >= 0.3 is 12.2 Å². The van der Waals surface area contributed by atoms with Gasteiger partial charge in [-0.05, 0) is 18.2 Å². The van der Waals surface area contributed by atoms with Gasteiger partial charge in [0.2, 0.25) is 5.95 Å². The van der Waals surface area contributed by atoms with Crippen molar-refractivity contribution in [3.8, 4) is 11.3 Å². The molecule has 2 aromatic carbocycles. The molecular weight excluding hydrogens is 392 g/mol. The first kappa shape index (κ1) is 19.9. The standard InChI is InChI=1S/C19H12F4N4O2/c20-13-9-5-4-8-12(13)16(28)26-18(29)27-17-24-14(11-6-2-1-3-7-11)10-15(25-17)19(21,22)23/h1-10H,(H2,24,25,26,27,28,29). The van der Waals surface area contributed by atoms with E-state index in [1.165, 1.54) is 24.3 Å². The monoisotopic (exact) mass is 404 g/mol. The molecule has 0 aliphatic carbocycles. The molecule has 0 spiro atoms. The average molecular weight is 404 g/mol. The predicted molar refractivity (Wildman–Crippen MR) is 95.4 cm³/mol. The van der Waals surface area contributed by atoms with Gasteiger partial charge in [0.05, 0.1) is 11.3 Å². The maximum Gasteiger partial charge on any atom is 0.433 e. The lowest BCUT2D eigenvalue weighted by molar-refractivity contribution is -0.141. The van der Waals surface area contributed by atoms with Gasteiger partial charge in [0.25, 0.3) is 5.91 Å². The number of nitrogens with zero attached hydrogens (tertiary/aromatic N) is 2. The summed E-state index contributed by atoms with van der Waals surface area (Å²) in [6.45, 7) is 0. The van der Waals surface area contributed by atoms with E-state index in [-0.39, 0.29) is 5.69 Å². The molecule has 29 heavy (non-hydrogen) atoms. The summed E-state index contributed by atoms with van der Waals surface area (Å²) in [5.41, 5.74) is -1.39. The Bertz CT molecular complexity index is 1060. The molecule has 148 valence electrons. The van der Waals surface area contributed by atoms with Crippen molar-refractivity contribution >= 4 is 17.9 Å². The highest BCUT2D eigenvalue weighted by molar-refractivity contribution is 6.07. The largest absolute Gasteiger partial charge is 0.433 e. The number of urea groups is 1. The van der Waals surface area contributed by atoms with Gasteiger partial charge in [0.1, 0.15) is 5.82 Å². The Morgan fingerprint density at radius 2 is 1.55 bits per heavy atom. The maximum absolute atomic E-state index is 13.6. The second-order valence-corrected chi connectivity index (χ2v) is 5.71. The summed E-state index contributed by atoms with van der Waals surface area (Å²) < 4.78 is 53.1. The van der Waals surface area contributed by atoms with Crippen molar-refractivity contribution in [1.82, 2.24) is 15.3 Å². The average Bonchev–Trinajstić information content (AvgIpc) is 2.68. The third kappa shape index (κ3) is 4.92. The van der Waals surface area contributed by atoms with Gasteiger partial charge < -0.3 is 0 Å². The van der Waals surface area contributed by atoms with Crippen LogP contribution in [0.2, 0.25) is 0 Å². The van der Waals surface area contributed by atoms with Crippen LogP contribution >= 0.6 is 0 Å². The lowest BCUT2D eigenvalue weighted by atomic mass is 10.1. The number of carbonyl (C=O) groups is 2. The fourth-order valence-electron chi connectivity index (χ4n) is 2.35. The molecule has 1 heterocycles. The molecule has 0 fully saturated rings. The van der Waals surface area contributed by atoms with Gasteiger partial charge in [-0.2, -0.15) is 13.2 Å². The van der Waals surface area contributed by atoms with Crippen LogP contribution in [0.1, 0.15) is 16.1 Å². The Morgan fingerprint density at radius 3 is 2.21 bits per heavy atom. The second-order valence-electron chi connectivity index (χ2n) is 5.71. The minimum Gasteiger partial charge on any atom is -0.276 e. The lowest BCUT2D eigenvalue weighted by Crippen LogP contribution is -2.35. The number of aromatic nitrogens is 2. The Kier molecular flexibility index (Phi) is 5.53. The highest BCUT2D eigenvalue weighted by Crippen LogP contribution is 2.31. The lowest BCUT2D eigenvalue weighted by Gasteiger charge is -2.11. The zero-order valence-corrected chi connectivity index (χ0v) is 14.5. The molecule has 0 aliphatic heterocycles. The molecule has 10 heteroatoms. The number of imide groups is 1. The van der Waals surface area contributed by atoms with Crippen molar-refractivity contribution < 1.29 is 27.2 Å². The zero-order chi connectivity index (χ0) is 21.0. The number of halogens is 4. The van der Waals surface area contributed by atoms with E-state index in [4.69, 9.17) is 0 Å². The van der Waals surface area contributed by atoms with E-state index in [9.17, 15) is 27.2 Å². The molecule has 0 saturated carbocycles. The molecule has 3 rings (SSSR count). The summed E-state index contributed by atoms with van der Waals surface area (Å²) >= 11 is 0. The Hall–Kier alpha value is -3.82. The zero-order valence-electron chi connectivity index (χ0n) is 14.5. The van der Waals surface area contributed by atoms with E-state index in [1.54, 1.807) is 18.2 Å². The third-order valence-electron chi connectivity index (χ3n) is 3.66. The van der Waals surface area contributed by atoms with E-state index in [2.05, 4.69) is 9.97 Å². The molecule has 0 atom stereocenters. The van der Waals surface area contributed by atoms with Crippen LogP contribution in [0.3, 0.4) is 0 Å². The molecular formula is C19H12F4N4O2. The Morgan fingerprint density at radius 1 is 0.897 bits per heavy atom. The number of carbonyl (C=O) groups excluding carboxylic acids is 2. The summed E-state index contributed by atoms with van der Waals surface area (Å²) in [7, 11) is 0. The van der Waals surface area contributed by atoms with Crippen LogP contribution in [-0.2, 0) is 6.18 Å². The summed E-state index contributed by atoms with van der Waals surface area (Å²) in [6.07, 6.45) is -4.79. The number of hydrogen-bond acceptors (Lipinski definition) is 4. The molecule has 0 radical (unpaired) electrons. The molecule has 0 bridgehead atoms. The van der Waals surface area contributed by atoms with Crippen molar-refractivity contribution in [3.63, 3.8) is 0 Å². The molecule has 6 nitrogen and oxygen atoms in total. The van der Waals surface area contributed by atoms with Crippen LogP contribution < -0.4 is 10.6 Å². The molecule has 0 aliphatic rings. The van der Waals surface area contributed by atoms with Crippen LogP contribution in [0.5, 0.6) is 0 Å². The van der Waals surface area contributed by atoms with E-state index in [0.717, 1.165) is 18.2 Å². The van der Waals surface area contributed by atoms with Crippen molar-refractivity contribution in [2.45, 2.75) is 6.18 Å². The predicted octanol–water partition coefficient (Wildman–Crippen LogP) is 4.26. The number of rotatable bonds is 3. The SMILES string of the molecule is O=C(NC(=O)c1ccccc1F)Nc1nc(-c2ccccc2)cc(C(F)(F)F)n1. The minimum absolute atomic E-state index is 0.0799. The van der Waals surface area contributed by atoms with Crippen LogP contribution in [0, 0.1) is 5.82 Å². The fourth-order valence-corrected chi connectivity index (χ4v) is 2.35. The van der Waals surface area contributed by atoms with Gasteiger partial charge in [0, 0.05) is 5.56 Å². The number of nitrogens with one attached hydrogen (secondary N) is 2. The van der Waals surface area contributed by atoms with Crippen molar-refractivity contribution in [2.75, 3.05) is 5.32 Å². The van der Waals surface area contributed by atoms with Crippen LogP contribution in [-0.4, -0.2) is 21.9 Å². The second kappa shape index (κ2) is 8.05. The number of anilines is 1. The summed E-state index contributed by atoms with van der Waals surface area (Å²) in [5, 5.41) is 3.78. The summed E-state index contributed by atoms with van der Waals surface area (Å²) in [4.78, 5) is 31.1.